The van der Waals surface area contributed by atoms with Gasteiger partial charge >= 0.3 is 5.97 Å². The zero-order chi connectivity index (χ0) is 21.7. The van der Waals surface area contributed by atoms with Crippen molar-refractivity contribution in [2.24, 2.45) is 0 Å². The second-order valence-corrected chi connectivity index (χ2v) is 7.19. The predicted octanol–water partition coefficient (Wildman–Crippen LogP) is 1.73. The fourth-order valence-electron chi connectivity index (χ4n) is 3.01. The summed E-state index contributed by atoms with van der Waals surface area (Å²) in [4.78, 5) is 39.8. The molecule has 0 aliphatic rings. The Kier molecular flexibility index (Phi) is 6.46. The summed E-state index contributed by atoms with van der Waals surface area (Å²) in [5.74, 6) is -0.892. The number of benzene rings is 2. The number of rotatable bonds is 7. The average Bonchev–Trinajstić information content (AvgIpc) is 2.74. The molecular weight excluding hydrogens is 384 g/mol. The van der Waals surface area contributed by atoms with Gasteiger partial charge in [-0.15, -0.1) is 0 Å². The third-order valence-electron chi connectivity index (χ3n) is 4.74. The van der Waals surface area contributed by atoms with Crippen molar-refractivity contribution in [2.45, 2.75) is 13.0 Å². The number of carbonyl (C=O) groups excluding carboxylic acids is 2. The highest BCUT2D eigenvalue weighted by molar-refractivity contribution is 5.87. The summed E-state index contributed by atoms with van der Waals surface area (Å²) in [7, 11) is 5.59. The van der Waals surface area contributed by atoms with E-state index in [2.05, 4.69) is 10.2 Å². The topological polar surface area (TPSA) is 95.6 Å². The SMILES string of the molecule is CN(Cc1ccc(N(C)C)cc1)C(=O)COC(=O)Cc1n[nH]c(=O)c2ccccc12. The lowest BCUT2D eigenvalue weighted by Crippen LogP contribution is -2.31. The van der Waals surface area contributed by atoms with Gasteiger partial charge in [-0.3, -0.25) is 14.4 Å². The summed E-state index contributed by atoms with van der Waals surface area (Å²) in [5, 5.41) is 7.36. The summed E-state index contributed by atoms with van der Waals surface area (Å²) in [5.41, 5.74) is 2.13. The first-order valence-corrected chi connectivity index (χ1v) is 9.47. The van der Waals surface area contributed by atoms with Crippen molar-refractivity contribution < 1.29 is 14.3 Å². The molecule has 2 aromatic carbocycles. The van der Waals surface area contributed by atoms with Crippen LogP contribution < -0.4 is 10.5 Å². The number of H-pyrrole nitrogens is 1. The highest BCUT2D eigenvalue weighted by atomic mass is 16.5. The molecule has 0 bridgehead atoms. The van der Waals surface area contributed by atoms with E-state index in [0.717, 1.165) is 11.3 Å². The molecule has 0 atom stereocenters. The average molecular weight is 408 g/mol. The number of nitrogens with zero attached hydrogens (tertiary/aromatic N) is 3. The van der Waals surface area contributed by atoms with Gasteiger partial charge in [0.25, 0.3) is 11.5 Å². The number of aromatic amines is 1. The number of aromatic nitrogens is 2. The van der Waals surface area contributed by atoms with Crippen LogP contribution in [0.25, 0.3) is 10.8 Å². The first kappa shape index (κ1) is 21.0. The molecule has 0 fully saturated rings. The minimum absolute atomic E-state index is 0.139. The Morgan fingerprint density at radius 2 is 1.67 bits per heavy atom. The van der Waals surface area contributed by atoms with Crippen LogP contribution in [-0.4, -0.2) is 54.7 Å². The van der Waals surface area contributed by atoms with Gasteiger partial charge in [-0.2, -0.15) is 5.10 Å². The summed E-state index contributed by atoms with van der Waals surface area (Å²) in [6.07, 6.45) is -0.139. The van der Waals surface area contributed by atoms with E-state index in [0.29, 0.717) is 23.0 Å². The van der Waals surface area contributed by atoms with E-state index in [4.69, 9.17) is 4.74 Å². The Morgan fingerprint density at radius 3 is 2.33 bits per heavy atom. The first-order chi connectivity index (χ1) is 14.3. The van der Waals surface area contributed by atoms with Crippen LogP contribution in [0.2, 0.25) is 0 Å². The van der Waals surface area contributed by atoms with Crippen molar-refractivity contribution in [2.75, 3.05) is 32.6 Å². The monoisotopic (exact) mass is 408 g/mol. The van der Waals surface area contributed by atoms with Crippen LogP contribution in [0.5, 0.6) is 0 Å². The Morgan fingerprint density at radius 1 is 1.00 bits per heavy atom. The molecule has 1 amide bonds. The van der Waals surface area contributed by atoms with Crippen molar-refractivity contribution in [3.05, 3.63) is 70.1 Å². The zero-order valence-electron chi connectivity index (χ0n) is 17.2. The Balaban J connectivity index is 1.55. The molecule has 0 unspecified atom stereocenters. The maximum Gasteiger partial charge on any atom is 0.312 e. The Hall–Kier alpha value is -3.68. The molecule has 0 radical (unpaired) electrons. The zero-order valence-corrected chi connectivity index (χ0v) is 17.2. The van der Waals surface area contributed by atoms with Crippen LogP contribution in [0, 0.1) is 0 Å². The lowest BCUT2D eigenvalue weighted by atomic mass is 10.1. The number of nitrogens with one attached hydrogen (secondary N) is 1. The molecule has 0 aliphatic carbocycles. The van der Waals surface area contributed by atoms with E-state index >= 15 is 0 Å². The standard InChI is InChI=1S/C22H24N4O4/c1-25(2)16-10-8-15(9-11-16)13-26(3)20(27)14-30-21(28)12-19-17-6-4-5-7-18(17)22(29)24-23-19/h4-11H,12-14H2,1-3H3,(H,24,29). The number of hydrogen-bond acceptors (Lipinski definition) is 6. The highest BCUT2D eigenvalue weighted by Gasteiger charge is 2.15. The number of fused-ring (bicyclic) bond motifs is 1. The fourth-order valence-corrected chi connectivity index (χ4v) is 3.01. The van der Waals surface area contributed by atoms with Crippen molar-refractivity contribution in [3.8, 4) is 0 Å². The van der Waals surface area contributed by atoms with E-state index in [1.807, 2.05) is 43.3 Å². The number of likely N-dealkylation sites (N-methyl/N-ethyl adjacent to an activating group) is 1. The molecule has 8 heteroatoms. The van der Waals surface area contributed by atoms with E-state index in [1.165, 1.54) is 4.90 Å². The van der Waals surface area contributed by atoms with Gasteiger partial charge in [0, 0.05) is 38.8 Å². The lowest BCUT2D eigenvalue weighted by Gasteiger charge is -2.18. The van der Waals surface area contributed by atoms with Crippen LogP contribution in [-0.2, 0) is 27.3 Å². The molecular formula is C22H24N4O4. The molecule has 1 aromatic heterocycles. The molecule has 0 aliphatic heterocycles. The highest BCUT2D eigenvalue weighted by Crippen LogP contribution is 2.14. The molecule has 3 rings (SSSR count). The van der Waals surface area contributed by atoms with E-state index < -0.39 is 5.97 Å². The van der Waals surface area contributed by atoms with E-state index in [-0.39, 0.29) is 24.5 Å². The quantitative estimate of drug-likeness (QED) is 0.598. The van der Waals surface area contributed by atoms with Gasteiger partial charge in [0.15, 0.2) is 6.61 Å². The molecule has 156 valence electrons. The number of esters is 1. The van der Waals surface area contributed by atoms with Gasteiger partial charge in [-0.1, -0.05) is 30.3 Å². The minimum atomic E-state index is -0.586. The molecule has 0 saturated carbocycles. The number of amides is 1. The van der Waals surface area contributed by atoms with Crippen molar-refractivity contribution in [1.82, 2.24) is 15.1 Å². The summed E-state index contributed by atoms with van der Waals surface area (Å²) in [6.45, 7) is 0.0581. The van der Waals surface area contributed by atoms with E-state index in [9.17, 15) is 14.4 Å². The maximum absolute atomic E-state index is 12.3. The van der Waals surface area contributed by atoms with Crippen molar-refractivity contribution >= 4 is 28.3 Å². The molecule has 1 N–H and O–H groups in total. The van der Waals surface area contributed by atoms with Gasteiger partial charge in [-0.05, 0) is 23.8 Å². The van der Waals surface area contributed by atoms with Gasteiger partial charge in [0.1, 0.15) is 0 Å². The van der Waals surface area contributed by atoms with Gasteiger partial charge in [0.2, 0.25) is 0 Å². The second-order valence-electron chi connectivity index (χ2n) is 7.19. The van der Waals surface area contributed by atoms with Crippen molar-refractivity contribution in [1.29, 1.82) is 0 Å². The van der Waals surface area contributed by atoms with Crippen LogP contribution >= 0.6 is 0 Å². The second kappa shape index (κ2) is 9.21. The van der Waals surface area contributed by atoms with Gasteiger partial charge in [-0.25, -0.2) is 5.10 Å². The van der Waals surface area contributed by atoms with Crippen LogP contribution in [0.15, 0.2) is 53.3 Å². The summed E-state index contributed by atoms with van der Waals surface area (Å²) in [6, 6.07) is 14.8. The summed E-state index contributed by atoms with van der Waals surface area (Å²) >= 11 is 0. The van der Waals surface area contributed by atoms with Gasteiger partial charge < -0.3 is 14.5 Å². The third kappa shape index (κ3) is 5.02. The number of carbonyl (C=O) groups is 2. The first-order valence-electron chi connectivity index (χ1n) is 9.47. The number of anilines is 1. The van der Waals surface area contributed by atoms with Crippen molar-refractivity contribution in [3.63, 3.8) is 0 Å². The molecule has 0 spiro atoms. The molecule has 8 nitrogen and oxygen atoms in total. The molecule has 30 heavy (non-hydrogen) atoms. The third-order valence-corrected chi connectivity index (χ3v) is 4.74. The largest absolute Gasteiger partial charge is 0.455 e. The predicted molar refractivity (Wildman–Crippen MR) is 114 cm³/mol. The van der Waals surface area contributed by atoms with E-state index in [1.54, 1.807) is 31.3 Å². The summed E-state index contributed by atoms with van der Waals surface area (Å²) < 4.78 is 5.13. The minimum Gasteiger partial charge on any atom is -0.455 e. The lowest BCUT2D eigenvalue weighted by molar-refractivity contribution is -0.151. The van der Waals surface area contributed by atoms with Crippen LogP contribution in [0.3, 0.4) is 0 Å². The Labute approximate surface area is 174 Å². The van der Waals surface area contributed by atoms with Gasteiger partial charge in [0.05, 0.1) is 17.5 Å². The fraction of sp³-hybridized carbons (Fsp3) is 0.273. The van der Waals surface area contributed by atoms with Crippen LogP contribution in [0.1, 0.15) is 11.3 Å². The number of ether oxygens (including phenoxy) is 1. The van der Waals surface area contributed by atoms with Crippen LogP contribution in [0.4, 0.5) is 5.69 Å². The smallest absolute Gasteiger partial charge is 0.312 e. The normalized spacial score (nSPS) is 10.6. The molecule has 0 saturated heterocycles. The number of hydrogen-bond donors (Lipinski definition) is 1. The molecule has 1 heterocycles. The maximum atomic E-state index is 12.3. The Bertz CT molecular complexity index is 1110. The molecule has 3 aromatic rings.